The normalized spacial score (nSPS) is 12.5. The topological polar surface area (TPSA) is 32.8 Å². The van der Waals surface area contributed by atoms with Crippen molar-refractivity contribution in [2.45, 2.75) is 66.0 Å². The van der Waals surface area contributed by atoms with Crippen LogP contribution in [0.1, 0.15) is 25.0 Å². The molecule has 0 atom stereocenters. The van der Waals surface area contributed by atoms with Crippen LogP contribution in [0.3, 0.4) is 0 Å². The minimum absolute atomic E-state index is 0.896. The summed E-state index contributed by atoms with van der Waals surface area (Å²) in [6.07, 6.45) is 1.81. The molecular formula is C62H56N2O2Si2. The number of para-hydroxylation sites is 4. The Morgan fingerprint density at radius 3 is 1.06 bits per heavy atom. The maximum Gasteiger partial charge on any atom is 0.159 e. The fourth-order valence-electron chi connectivity index (χ4n) is 10.8. The Morgan fingerprint density at radius 2 is 0.691 bits per heavy atom. The van der Waals surface area contributed by atoms with Gasteiger partial charge in [0, 0.05) is 43.7 Å². The number of nitrogens with zero attached hydrogens (tertiary/aromatic N) is 2. The molecule has 4 nitrogen and oxygen atoms in total. The summed E-state index contributed by atoms with van der Waals surface area (Å²) in [5.41, 5.74) is 12.6. The van der Waals surface area contributed by atoms with E-state index in [1.807, 2.05) is 0 Å². The number of fused-ring (bicyclic) bond motifs is 6. The van der Waals surface area contributed by atoms with Gasteiger partial charge < -0.3 is 18.6 Å². The molecule has 0 amide bonds. The zero-order valence-electron chi connectivity index (χ0n) is 40.3. The van der Waals surface area contributed by atoms with E-state index in [0.717, 1.165) is 90.8 Å². The van der Waals surface area contributed by atoms with E-state index in [1.165, 1.54) is 53.8 Å². The largest absolute Gasteiger partial charge is 0.454 e. The Hall–Kier alpha value is -7.13. The molecule has 0 aliphatic carbocycles. The predicted molar refractivity (Wildman–Crippen MR) is 299 cm³/mol. The Kier molecular flexibility index (Phi) is 9.77. The Labute approximate surface area is 400 Å². The van der Waals surface area contributed by atoms with Crippen LogP contribution < -0.4 is 20.2 Å². The SMILES string of the molecule is CCc1cccc2c1oc1c(N(c3ccc([Si](C)(C)C)cc3)c3ccc4ccc5c(N(c6ccc([Si](C)(C)C)cc6)c6cccc7c6oc6c(CC)cccc67)ccc6ccc3c4c65)cccc12. The number of rotatable bonds is 10. The molecule has 0 radical (unpaired) electrons. The van der Waals surface area contributed by atoms with E-state index in [2.05, 4.69) is 233 Å². The minimum atomic E-state index is -1.56. The predicted octanol–water partition coefficient (Wildman–Crippen LogP) is 17.5. The number of aryl methyl sites for hydroxylation is 2. The third kappa shape index (κ3) is 6.60. The third-order valence-corrected chi connectivity index (χ3v) is 18.6. The number of benzene rings is 10. The van der Waals surface area contributed by atoms with Crippen LogP contribution >= 0.6 is 0 Å². The second kappa shape index (κ2) is 15.7. The van der Waals surface area contributed by atoms with Crippen molar-refractivity contribution in [2.75, 3.05) is 9.80 Å². The van der Waals surface area contributed by atoms with Gasteiger partial charge in [-0.3, -0.25) is 0 Å². The molecule has 0 fully saturated rings. The van der Waals surface area contributed by atoms with E-state index < -0.39 is 16.1 Å². The van der Waals surface area contributed by atoms with Gasteiger partial charge in [0.25, 0.3) is 0 Å². The fraction of sp³-hybridized carbons (Fsp3) is 0.161. The molecular weight excluding hydrogens is 861 g/mol. The van der Waals surface area contributed by atoms with Gasteiger partial charge in [0.1, 0.15) is 11.2 Å². The summed E-state index contributed by atoms with van der Waals surface area (Å²) >= 11 is 0. The van der Waals surface area contributed by atoms with Crippen LogP contribution in [0.2, 0.25) is 39.3 Å². The van der Waals surface area contributed by atoms with Crippen LogP contribution in [0.5, 0.6) is 0 Å². The first-order chi connectivity index (χ1) is 32.9. The van der Waals surface area contributed by atoms with Crippen LogP contribution in [0.15, 0.2) is 179 Å². The first-order valence-electron chi connectivity index (χ1n) is 24.3. The van der Waals surface area contributed by atoms with E-state index in [9.17, 15) is 0 Å². The van der Waals surface area contributed by atoms with E-state index in [1.54, 1.807) is 0 Å². The van der Waals surface area contributed by atoms with Crippen LogP contribution in [0, 0.1) is 0 Å². The van der Waals surface area contributed by atoms with Crippen molar-refractivity contribution < 1.29 is 8.83 Å². The van der Waals surface area contributed by atoms with Crippen molar-refractivity contribution in [3.05, 3.63) is 181 Å². The van der Waals surface area contributed by atoms with Gasteiger partial charge in [-0.05, 0) is 94.0 Å². The Bertz CT molecular complexity index is 3650. The lowest BCUT2D eigenvalue weighted by molar-refractivity contribution is 0.663. The van der Waals surface area contributed by atoms with Crippen molar-refractivity contribution in [1.82, 2.24) is 0 Å². The molecule has 0 N–H and O–H groups in total. The molecule has 68 heavy (non-hydrogen) atoms. The highest BCUT2D eigenvalue weighted by molar-refractivity contribution is 6.89. The first kappa shape index (κ1) is 42.2. The number of hydrogen-bond donors (Lipinski definition) is 0. The number of anilines is 6. The summed E-state index contributed by atoms with van der Waals surface area (Å²) in [6, 6.07) is 63.6. The highest BCUT2D eigenvalue weighted by Crippen LogP contribution is 2.50. The van der Waals surface area contributed by atoms with Crippen molar-refractivity contribution >= 4 is 137 Å². The molecule has 0 aliphatic heterocycles. The zero-order chi connectivity index (χ0) is 46.6. The van der Waals surface area contributed by atoms with Crippen molar-refractivity contribution in [2.24, 2.45) is 0 Å². The second-order valence-electron chi connectivity index (χ2n) is 20.7. The van der Waals surface area contributed by atoms with E-state index in [4.69, 9.17) is 8.83 Å². The minimum Gasteiger partial charge on any atom is -0.454 e. The van der Waals surface area contributed by atoms with Gasteiger partial charge in [-0.2, -0.15) is 0 Å². The highest BCUT2D eigenvalue weighted by Gasteiger charge is 2.27. The molecule has 0 spiro atoms. The smallest absolute Gasteiger partial charge is 0.159 e. The molecule has 0 aliphatic rings. The molecule has 0 saturated heterocycles. The molecule has 0 unspecified atom stereocenters. The zero-order valence-corrected chi connectivity index (χ0v) is 42.3. The summed E-state index contributed by atoms with van der Waals surface area (Å²) in [7, 11) is -3.13. The van der Waals surface area contributed by atoms with Gasteiger partial charge >= 0.3 is 0 Å². The Balaban J connectivity index is 1.12. The molecule has 6 heteroatoms. The van der Waals surface area contributed by atoms with Gasteiger partial charge in [-0.1, -0.05) is 185 Å². The maximum absolute atomic E-state index is 7.00. The van der Waals surface area contributed by atoms with Crippen LogP contribution in [-0.2, 0) is 12.8 Å². The maximum atomic E-state index is 7.00. The van der Waals surface area contributed by atoms with E-state index in [0.29, 0.717) is 0 Å². The van der Waals surface area contributed by atoms with Crippen molar-refractivity contribution in [3.63, 3.8) is 0 Å². The lowest BCUT2D eigenvalue weighted by atomic mass is 9.91. The quantitative estimate of drug-likeness (QED) is 0.101. The summed E-state index contributed by atoms with van der Waals surface area (Å²) in [5, 5.41) is 14.7. The summed E-state index contributed by atoms with van der Waals surface area (Å²) < 4.78 is 14.0. The Morgan fingerprint density at radius 1 is 0.338 bits per heavy atom. The van der Waals surface area contributed by atoms with Gasteiger partial charge in [-0.15, -0.1) is 0 Å². The summed E-state index contributed by atoms with van der Waals surface area (Å²) in [6.45, 7) is 18.9. The van der Waals surface area contributed by atoms with Crippen molar-refractivity contribution in [3.8, 4) is 0 Å². The molecule has 2 heterocycles. The lowest BCUT2D eigenvalue weighted by Crippen LogP contribution is -2.37. The van der Waals surface area contributed by atoms with Gasteiger partial charge in [0.05, 0.1) is 38.9 Å². The molecule has 0 bridgehead atoms. The van der Waals surface area contributed by atoms with Gasteiger partial charge in [0.15, 0.2) is 11.2 Å². The second-order valence-corrected chi connectivity index (χ2v) is 30.8. The molecule has 0 saturated carbocycles. The average molecular weight is 917 g/mol. The summed E-state index contributed by atoms with van der Waals surface area (Å²) in [4.78, 5) is 4.88. The van der Waals surface area contributed by atoms with Crippen LogP contribution in [0.4, 0.5) is 34.1 Å². The summed E-state index contributed by atoms with van der Waals surface area (Å²) in [5.74, 6) is 0. The van der Waals surface area contributed by atoms with Crippen LogP contribution in [-0.4, -0.2) is 16.1 Å². The van der Waals surface area contributed by atoms with Gasteiger partial charge in [0.2, 0.25) is 0 Å². The molecule has 334 valence electrons. The number of hydrogen-bond acceptors (Lipinski definition) is 4. The standard InChI is InChI=1S/C62H56N2O2Si2/c1-9-39-15-11-17-47-49-19-13-21-55(61(49)65-59(39)47)63(43-27-31-45(32-28-43)67(3,4)5)53-37-25-41-24-36-52-54(38-26-42-23-35-51(53)57(41)58(42)52)64(44-29-33-46(34-30-44)68(6,7)8)56-22-14-20-50-48-18-12-16-40(10-2)60(48)66-62(50)56/h11-38H,9-10H2,1-8H3. The molecule has 12 rings (SSSR count). The van der Waals surface area contributed by atoms with Crippen molar-refractivity contribution in [1.29, 1.82) is 0 Å². The monoisotopic (exact) mass is 916 g/mol. The molecule has 10 aromatic carbocycles. The number of furan rings is 2. The van der Waals surface area contributed by atoms with E-state index in [-0.39, 0.29) is 0 Å². The van der Waals surface area contributed by atoms with Crippen LogP contribution in [0.25, 0.3) is 76.2 Å². The highest BCUT2D eigenvalue weighted by atomic mass is 28.3. The van der Waals surface area contributed by atoms with E-state index >= 15 is 0 Å². The molecule has 2 aromatic heterocycles. The fourth-order valence-corrected chi connectivity index (χ4v) is 13.2. The third-order valence-electron chi connectivity index (χ3n) is 14.5. The molecule has 12 aromatic rings. The first-order valence-corrected chi connectivity index (χ1v) is 31.3. The average Bonchev–Trinajstić information content (AvgIpc) is 3.94. The van der Waals surface area contributed by atoms with Gasteiger partial charge in [-0.25, -0.2) is 0 Å². The lowest BCUT2D eigenvalue weighted by Gasteiger charge is -2.30.